The van der Waals surface area contributed by atoms with Crippen LogP contribution in [0.4, 0.5) is 9.59 Å². The fourth-order valence-corrected chi connectivity index (χ4v) is 4.97. The molecule has 11 heteroatoms. The maximum absolute atomic E-state index is 13.2. The molecule has 4 amide bonds. The van der Waals surface area contributed by atoms with Crippen LogP contribution in [0.2, 0.25) is 10.0 Å². The van der Waals surface area contributed by atoms with Gasteiger partial charge in [0.05, 0.1) is 18.2 Å². The SMILES string of the molecule is CCOC(=O)C1=C(CN2CCN(C(=O)NC(C)(C)C)[C@@H](C)C2)N(C)C(=O)N[C@H]1c1ccc(Cl)cc1Cl. The maximum atomic E-state index is 13.2. The lowest BCUT2D eigenvalue weighted by Crippen LogP contribution is -2.59. The summed E-state index contributed by atoms with van der Waals surface area (Å²) < 4.78 is 5.39. The Bertz CT molecular complexity index is 1060. The summed E-state index contributed by atoms with van der Waals surface area (Å²) in [6.45, 7) is 11.8. The normalized spacial score (nSPS) is 21.4. The summed E-state index contributed by atoms with van der Waals surface area (Å²) >= 11 is 12.5. The average molecular weight is 540 g/mol. The first-order valence-corrected chi connectivity index (χ1v) is 12.8. The molecule has 0 aliphatic carbocycles. The van der Waals surface area contributed by atoms with Crippen LogP contribution < -0.4 is 10.6 Å². The van der Waals surface area contributed by atoms with E-state index in [2.05, 4.69) is 15.5 Å². The molecule has 198 valence electrons. The molecular weight excluding hydrogens is 505 g/mol. The molecule has 2 atom stereocenters. The second-order valence-corrected chi connectivity index (χ2v) is 11.0. The number of esters is 1. The van der Waals surface area contributed by atoms with Crippen molar-refractivity contribution < 1.29 is 19.1 Å². The Labute approximate surface area is 222 Å². The number of nitrogens with one attached hydrogen (secondary N) is 2. The van der Waals surface area contributed by atoms with Gasteiger partial charge in [0.1, 0.15) is 0 Å². The Morgan fingerprint density at radius 1 is 1.22 bits per heavy atom. The second-order valence-electron chi connectivity index (χ2n) is 10.1. The van der Waals surface area contributed by atoms with Crippen LogP contribution in [0.25, 0.3) is 0 Å². The Balaban J connectivity index is 1.92. The van der Waals surface area contributed by atoms with Crippen LogP contribution in [-0.4, -0.2) is 84.1 Å². The highest BCUT2D eigenvalue weighted by Gasteiger charge is 2.39. The number of benzene rings is 1. The maximum Gasteiger partial charge on any atom is 0.338 e. The van der Waals surface area contributed by atoms with Gasteiger partial charge in [-0.3, -0.25) is 9.80 Å². The Morgan fingerprint density at radius 3 is 2.50 bits per heavy atom. The number of carbonyl (C=O) groups is 3. The van der Waals surface area contributed by atoms with Crippen molar-refractivity contribution in [1.82, 2.24) is 25.3 Å². The molecule has 2 N–H and O–H groups in total. The van der Waals surface area contributed by atoms with Crippen molar-refractivity contribution in [3.05, 3.63) is 45.1 Å². The molecule has 0 bridgehead atoms. The quantitative estimate of drug-likeness (QED) is 0.551. The predicted molar refractivity (Wildman–Crippen MR) is 140 cm³/mol. The van der Waals surface area contributed by atoms with E-state index >= 15 is 0 Å². The van der Waals surface area contributed by atoms with Crippen molar-refractivity contribution in [2.75, 3.05) is 39.8 Å². The van der Waals surface area contributed by atoms with Crippen LogP contribution in [0.3, 0.4) is 0 Å². The number of ether oxygens (including phenoxy) is 1. The number of piperazine rings is 1. The van der Waals surface area contributed by atoms with Gasteiger partial charge in [0, 0.05) is 60.5 Å². The summed E-state index contributed by atoms with van der Waals surface area (Å²) in [7, 11) is 1.63. The first-order chi connectivity index (χ1) is 16.8. The molecule has 0 aromatic heterocycles. The van der Waals surface area contributed by atoms with Gasteiger partial charge in [-0.05, 0) is 52.3 Å². The van der Waals surface area contributed by atoms with E-state index in [0.29, 0.717) is 53.1 Å². The van der Waals surface area contributed by atoms with Crippen LogP contribution in [-0.2, 0) is 9.53 Å². The minimum absolute atomic E-state index is 0.0584. The molecule has 9 nitrogen and oxygen atoms in total. The van der Waals surface area contributed by atoms with E-state index in [0.717, 1.165) is 0 Å². The molecule has 2 aliphatic heterocycles. The number of hydrogen-bond donors (Lipinski definition) is 2. The summed E-state index contributed by atoms with van der Waals surface area (Å²) in [5.74, 6) is -0.522. The molecule has 0 unspecified atom stereocenters. The predicted octanol–water partition coefficient (Wildman–Crippen LogP) is 4.02. The highest BCUT2D eigenvalue weighted by atomic mass is 35.5. The Morgan fingerprint density at radius 2 is 1.92 bits per heavy atom. The first kappa shape index (κ1) is 28.1. The van der Waals surface area contributed by atoms with Crippen LogP contribution in [0.5, 0.6) is 0 Å². The third-order valence-electron chi connectivity index (χ3n) is 6.17. The second kappa shape index (κ2) is 11.3. The van der Waals surface area contributed by atoms with Gasteiger partial charge in [0.15, 0.2) is 0 Å². The van der Waals surface area contributed by atoms with Gasteiger partial charge >= 0.3 is 18.0 Å². The van der Waals surface area contributed by atoms with Gasteiger partial charge < -0.3 is 20.3 Å². The number of urea groups is 2. The monoisotopic (exact) mass is 539 g/mol. The standard InChI is InChI=1S/C25H35Cl2N5O4/c1-7-36-22(33)20-19(14-31-10-11-32(15(2)13-31)24(35)29-25(3,4)5)30(6)23(34)28-21(20)17-9-8-16(26)12-18(17)27/h8-9,12,15,21H,7,10-11,13-14H2,1-6H3,(H,28,34)(H,29,35)/t15-,21-/m0/s1. The number of likely N-dealkylation sites (N-methyl/N-ethyl adjacent to an activating group) is 1. The number of halogens is 2. The van der Waals surface area contributed by atoms with E-state index < -0.39 is 12.0 Å². The lowest BCUT2D eigenvalue weighted by atomic mass is 9.94. The lowest BCUT2D eigenvalue weighted by molar-refractivity contribution is -0.139. The minimum atomic E-state index is -0.788. The largest absolute Gasteiger partial charge is 0.463 e. The first-order valence-electron chi connectivity index (χ1n) is 12.0. The molecule has 1 aromatic rings. The molecule has 1 aromatic carbocycles. The summed E-state index contributed by atoms with van der Waals surface area (Å²) in [5.41, 5.74) is 1.08. The van der Waals surface area contributed by atoms with E-state index in [1.54, 1.807) is 32.2 Å². The van der Waals surface area contributed by atoms with E-state index in [-0.39, 0.29) is 30.2 Å². The highest BCUT2D eigenvalue weighted by molar-refractivity contribution is 6.35. The summed E-state index contributed by atoms with van der Waals surface area (Å²) in [6.07, 6.45) is 0. The summed E-state index contributed by atoms with van der Waals surface area (Å²) in [5, 5.41) is 6.68. The van der Waals surface area contributed by atoms with E-state index in [9.17, 15) is 14.4 Å². The van der Waals surface area contributed by atoms with Gasteiger partial charge in [-0.1, -0.05) is 29.3 Å². The van der Waals surface area contributed by atoms with Crippen LogP contribution in [0, 0.1) is 0 Å². The molecule has 0 saturated carbocycles. The molecule has 36 heavy (non-hydrogen) atoms. The van der Waals surface area contributed by atoms with E-state index in [1.807, 2.05) is 32.6 Å². The van der Waals surface area contributed by atoms with Crippen LogP contribution in [0.1, 0.15) is 46.2 Å². The van der Waals surface area contributed by atoms with Gasteiger partial charge in [0.25, 0.3) is 0 Å². The third-order valence-corrected chi connectivity index (χ3v) is 6.74. The molecule has 0 spiro atoms. The molecule has 2 heterocycles. The summed E-state index contributed by atoms with van der Waals surface area (Å²) in [4.78, 5) is 44.3. The average Bonchev–Trinajstić information content (AvgIpc) is 2.75. The number of rotatable bonds is 5. The molecule has 2 aliphatic rings. The van der Waals surface area contributed by atoms with Gasteiger partial charge in [-0.25, -0.2) is 14.4 Å². The van der Waals surface area contributed by atoms with Gasteiger partial charge in [-0.2, -0.15) is 0 Å². The highest BCUT2D eigenvalue weighted by Crippen LogP contribution is 2.36. The number of amides is 4. The topological polar surface area (TPSA) is 94.2 Å². The van der Waals surface area contributed by atoms with E-state index in [1.165, 1.54) is 4.90 Å². The Hall–Kier alpha value is -2.49. The number of nitrogens with zero attached hydrogens (tertiary/aromatic N) is 3. The van der Waals surface area contributed by atoms with Crippen molar-refractivity contribution in [3.63, 3.8) is 0 Å². The minimum Gasteiger partial charge on any atom is -0.463 e. The van der Waals surface area contributed by atoms with Crippen molar-refractivity contribution in [3.8, 4) is 0 Å². The zero-order valence-electron chi connectivity index (χ0n) is 21.7. The van der Waals surface area contributed by atoms with E-state index in [4.69, 9.17) is 27.9 Å². The number of carbonyl (C=O) groups excluding carboxylic acids is 3. The van der Waals surface area contributed by atoms with Crippen molar-refractivity contribution >= 4 is 41.2 Å². The fourth-order valence-electron chi connectivity index (χ4n) is 4.45. The van der Waals surface area contributed by atoms with Crippen molar-refractivity contribution in [2.45, 2.75) is 52.2 Å². The smallest absolute Gasteiger partial charge is 0.338 e. The molecule has 1 fully saturated rings. The number of hydrogen-bond acceptors (Lipinski definition) is 5. The zero-order valence-corrected chi connectivity index (χ0v) is 23.2. The van der Waals surface area contributed by atoms with Crippen molar-refractivity contribution in [2.24, 2.45) is 0 Å². The molecule has 1 saturated heterocycles. The fraction of sp³-hybridized carbons (Fsp3) is 0.560. The van der Waals surface area contributed by atoms with Crippen LogP contribution >= 0.6 is 23.2 Å². The van der Waals surface area contributed by atoms with Crippen LogP contribution in [0.15, 0.2) is 29.5 Å². The molecular formula is C25H35Cl2N5O4. The zero-order chi connectivity index (χ0) is 26.8. The van der Waals surface area contributed by atoms with Gasteiger partial charge in [0.2, 0.25) is 0 Å². The molecule has 3 rings (SSSR count). The summed E-state index contributed by atoms with van der Waals surface area (Å²) in [6, 6.07) is 3.64. The van der Waals surface area contributed by atoms with Crippen molar-refractivity contribution in [1.29, 1.82) is 0 Å². The lowest BCUT2D eigenvalue weighted by Gasteiger charge is -2.43. The van der Waals surface area contributed by atoms with Gasteiger partial charge in [-0.15, -0.1) is 0 Å². The molecule has 0 radical (unpaired) electrons. The third kappa shape index (κ3) is 6.44. The Kier molecular flexibility index (Phi) is 8.80.